The largest absolute Gasteiger partial charge is 0.422 e. The SMILES string of the molecule is N#CC(c1c(F)c(F)c(C(F)(F)F)c(F)c1F)=c1cc(C#N)c(=C(C#N)C#N)c(C#N)c1. The van der Waals surface area contributed by atoms with Crippen LogP contribution in [0.3, 0.4) is 0 Å². The molecule has 156 valence electrons. The molecule has 0 radical (unpaired) electrons. The van der Waals surface area contributed by atoms with Gasteiger partial charge < -0.3 is 0 Å². The van der Waals surface area contributed by atoms with Crippen LogP contribution in [0.5, 0.6) is 0 Å². The number of benzene rings is 2. The predicted octanol–water partition coefficient (Wildman–Crippen LogP) is 2.93. The van der Waals surface area contributed by atoms with Gasteiger partial charge >= 0.3 is 6.18 Å². The van der Waals surface area contributed by atoms with Gasteiger partial charge in [0.15, 0.2) is 23.3 Å². The molecule has 0 saturated carbocycles. The molecule has 0 amide bonds. The highest BCUT2D eigenvalue weighted by Crippen LogP contribution is 2.38. The first-order valence-electron chi connectivity index (χ1n) is 7.85. The smallest absolute Gasteiger partial charge is 0.203 e. The Morgan fingerprint density at radius 2 is 1.12 bits per heavy atom. The van der Waals surface area contributed by atoms with E-state index in [1.165, 1.54) is 30.3 Å². The second kappa shape index (κ2) is 8.48. The molecule has 0 unspecified atom stereocenters. The Labute approximate surface area is 173 Å². The maximum atomic E-state index is 14.4. The Hall–Kier alpha value is -4.86. The minimum atomic E-state index is -5.80. The molecule has 0 spiro atoms. The van der Waals surface area contributed by atoms with Crippen molar-refractivity contribution in [1.82, 2.24) is 0 Å². The number of nitrogens with zero attached hydrogens (tertiary/aromatic N) is 5. The molecule has 2 aromatic rings. The zero-order chi connectivity index (χ0) is 24.4. The van der Waals surface area contributed by atoms with Crippen LogP contribution in [0.2, 0.25) is 0 Å². The highest BCUT2D eigenvalue weighted by atomic mass is 19.4. The fraction of sp³-hybridized carbons (Fsp3) is 0.0500. The molecular weight excluding hydrogens is 443 g/mol. The van der Waals surface area contributed by atoms with E-state index in [1.807, 2.05) is 0 Å². The number of alkyl halides is 3. The van der Waals surface area contributed by atoms with E-state index in [9.17, 15) is 46.5 Å². The van der Waals surface area contributed by atoms with E-state index in [0.717, 1.165) is 0 Å². The molecule has 32 heavy (non-hydrogen) atoms. The minimum absolute atomic E-state index is 0.480. The Bertz CT molecular complexity index is 1420. The molecule has 0 saturated heterocycles. The van der Waals surface area contributed by atoms with Gasteiger partial charge in [0.1, 0.15) is 29.3 Å². The highest BCUT2D eigenvalue weighted by Gasteiger charge is 2.42. The Morgan fingerprint density at radius 3 is 1.44 bits per heavy atom. The van der Waals surface area contributed by atoms with Gasteiger partial charge in [-0.3, -0.25) is 0 Å². The molecule has 0 aromatic heterocycles. The van der Waals surface area contributed by atoms with Gasteiger partial charge in [0.2, 0.25) is 0 Å². The maximum absolute atomic E-state index is 14.4. The minimum Gasteiger partial charge on any atom is -0.203 e. The summed E-state index contributed by atoms with van der Waals surface area (Å²) in [6.07, 6.45) is -5.80. The van der Waals surface area contributed by atoms with Crippen molar-refractivity contribution < 1.29 is 30.7 Å². The second-order valence-electron chi connectivity index (χ2n) is 5.76. The van der Waals surface area contributed by atoms with Gasteiger partial charge in [-0.25, -0.2) is 17.6 Å². The summed E-state index contributed by atoms with van der Waals surface area (Å²) in [5.74, 6) is -10.7. The van der Waals surface area contributed by atoms with E-state index in [4.69, 9.17) is 10.5 Å². The van der Waals surface area contributed by atoms with Crippen LogP contribution in [0.25, 0.3) is 11.1 Å². The van der Waals surface area contributed by atoms with Crippen molar-refractivity contribution in [3.05, 3.63) is 68.1 Å². The second-order valence-corrected chi connectivity index (χ2v) is 5.76. The monoisotopic (exact) mass is 445 g/mol. The fourth-order valence-corrected chi connectivity index (χ4v) is 2.73. The number of hydrogen-bond donors (Lipinski definition) is 0. The average Bonchev–Trinajstić information content (AvgIpc) is 2.75. The summed E-state index contributed by atoms with van der Waals surface area (Å²) in [6, 6.07) is 8.35. The lowest BCUT2D eigenvalue weighted by Crippen LogP contribution is -2.23. The van der Waals surface area contributed by atoms with Gasteiger partial charge in [0.25, 0.3) is 0 Å². The summed E-state index contributed by atoms with van der Waals surface area (Å²) >= 11 is 0. The van der Waals surface area contributed by atoms with Crippen molar-refractivity contribution in [3.63, 3.8) is 0 Å². The van der Waals surface area contributed by atoms with E-state index in [-0.39, 0.29) is 0 Å². The zero-order valence-corrected chi connectivity index (χ0v) is 15.0. The van der Waals surface area contributed by atoms with E-state index in [2.05, 4.69) is 0 Å². The van der Waals surface area contributed by atoms with Gasteiger partial charge in [-0.05, 0) is 17.4 Å². The number of rotatable bonds is 1. The number of halogens is 7. The van der Waals surface area contributed by atoms with Crippen molar-refractivity contribution in [3.8, 4) is 30.3 Å². The fourth-order valence-electron chi connectivity index (χ4n) is 2.73. The third-order valence-corrected chi connectivity index (χ3v) is 4.05. The summed E-state index contributed by atoms with van der Waals surface area (Å²) in [4.78, 5) is 0. The van der Waals surface area contributed by atoms with Gasteiger partial charge in [-0.2, -0.15) is 39.5 Å². The molecule has 2 rings (SSSR count). The lowest BCUT2D eigenvalue weighted by Gasteiger charge is -2.13. The van der Waals surface area contributed by atoms with E-state index in [1.54, 1.807) is 0 Å². The summed E-state index contributed by atoms with van der Waals surface area (Å²) < 4.78 is 95.0. The Kier molecular flexibility index (Phi) is 6.21. The van der Waals surface area contributed by atoms with E-state index in [0.29, 0.717) is 12.1 Å². The molecule has 2 aromatic carbocycles. The third kappa shape index (κ3) is 3.67. The normalized spacial score (nSPS) is 10.2. The average molecular weight is 445 g/mol. The molecule has 0 fully saturated rings. The summed E-state index contributed by atoms with van der Waals surface area (Å²) in [5.41, 5.74) is -7.80. The first-order valence-corrected chi connectivity index (χ1v) is 7.85. The first-order chi connectivity index (χ1) is 15.0. The van der Waals surface area contributed by atoms with Crippen molar-refractivity contribution in [2.24, 2.45) is 0 Å². The van der Waals surface area contributed by atoms with Gasteiger partial charge in [0.05, 0.1) is 34.4 Å². The van der Waals surface area contributed by atoms with Crippen LogP contribution in [-0.2, 0) is 6.18 Å². The lowest BCUT2D eigenvalue weighted by molar-refractivity contribution is -0.143. The molecule has 0 heterocycles. The quantitative estimate of drug-likeness (QED) is 0.494. The van der Waals surface area contributed by atoms with Crippen LogP contribution in [-0.4, -0.2) is 0 Å². The van der Waals surface area contributed by atoms with Crippen LogP contribution in [0, 0.1) is 79.9 Å². The van der Waals surface area contributed by atoms with Gasteiger partial charge in [0, 0.05) is 5.22 Å². The molecule has 0 aliphatic rings. The predicted molar refractivity (Wildman–Crippen MR) is 89.2 cm³/mol. The third-order valence-electron chi connectivity index (χ3n) is 4.05. The molecule has 0 aliphatic carbocycles. The maximum Gasteiger partial charge on any atom is 0.422 e. The van der Waals surface area contributed by atoms with Crippen LogP contribution in [0.1, 0.15) is 22.3 Å². The molecule has 0 aliphatic heterocycles. The van der Waals surface area contributed by atoms with Gasteiger partial charge in [-0.1, -0.05) is 0 Å². The number of hydrogen-bond acceptors (Lipinski definition) is 5. The zero-order valence-electron chi connectivity index (χ0n) is 15.0. The molecule has 12 heteroatoms. The van der Waals surface area contributed by atoms with Gasteiger partial charge in [-0.15, -0.1) is 0 Å². The molecule has 0 atom stereocenters. The van der Waals surface area contributed by atoms with Crippen LogP contribution < -0.4 is 10.4 Å². The summed E-state index contributed by atoms with van der Waals surface area (Å²) in [5, 5.41) is 44.7. The molecule has 0 bridgehead atoms. The van der Waals surface area contributed by atoms with Crippen LogP contribution in [0.15, 0.2) is 12.1 Å². The van der Waals surface area contributed by atoms with Crippen molar-refractivity contribution in [2.75, 3.05) is 0 Å². The van der Waals surface area contributed by atoms with E-state index >= 15 is 0 Å². The topological polar surface area (TPSA) is 119 Å². The standard InChI is InChI=1S/C20H2F7N5/c21-16-14(17(22)19(24)15(18(16)23)20(25,26)27)12(7-32)8-1-9(3-28)13(10(2-8)4-29)11(5-30)6-31/h1-2H. The highest BCUT2D eigenvalue weighted by molar-refractivity contribution is 5.79. The van der Waals surface area contributed by atoms with Crippen molar-refractivity contribution >= 4 is 11.1 Å². The van der Waals surface area contributed by atoms with E-state index < -0.39 is 73.3 Å². The van der Waals surface area contributed by atoms with Crippen LogP contribution >= 0.6 is 0 Å². The van der Waals surface area contributed by atoms with Crippen molar-refractivity contribution in [1.29, 1.82) is 26.3 Å². The Balaban J connectivity index is 3.21. The molecule has 0 N–H and O–H groups in total. The Morgan fingerprint density at radius 1 is 0.688 bits per heavy atom. The summed E-state index contributed by atoms with van der Waals surface area (Å²) in [6.45, 7) is 0. The van der Waals surface area contributed by atoms with Crippen LogP contribution in [0.4, 0.5) is 30.7 Å². The van der Waals surface area contributed by atoms with Crippen molar-refractivity contribution in [2.45, 2.75) is 6.18 Å². The number of nitriles is 5. The molecular formula is C20H2F7N5. The summed E-state index contributed by atoms with van der Waals surface area (Å²) in [7, 11) is 0. The molecule has 5 nitrogen and oxygen atoms in total. The first kappa shape index (κ1) is 23.4. The lowest BCUT2D eigenvalue weighted by atomic mass is 9.96.